The third-order valence-corrected chi connectivity index (χ3v) is 4.67. The van der Waals surface area contributed by atoms with Gasteiger partial charge in [-0.2, -0.15) is 0 Å². The number of carboxylic acid groups (broad SMARTS) is 1. The van der Waals surface area contributed by atoms with Crippen molar-refractivity contribution in [1.82, 2.24) is 5.32 Å². The van der Waals surface area contributed by atoms with E-state index in [0.29, 0.717) is 0 Å². The average Bonchev–Trinajstić information content (AvgIpc) is 2.31. The van der Waals surface area contributed by atoms with Crippen molar-refractivity contribution in [3.05, 3.63) is 32.7 Å². The van der Waals surface area contributed by atoms with Crippen molar-refractivity contribution in [3.63, 3.8) is 0 Å². The first-order valence-electron chi connectivity index (χ1n) is 6.61. The second kappa shape index (κ2) is 7.00. The van der Waals surface area contributed by atoms with E-state index < -0.39 is 23.2 Å². The molecule has 0 saturated carbocycles. The lowest BCUT2D eigenvalue weighted by Gasteiger charge is -2.28. The lowest BCUT2D eigenvalue weighted by atomic mass is 9.93. The number of halogens is 2. The topological polar surface area (TPSA) is 75.6 Å². The Morgan fingerprint density at radius 3 is 2.23 bits per heavy atom. The number of alkyl carbamates (subject to hydrolysis) is 1. The highest BCUT2D eigenvalue weighted by Crippen LogP contribution is 2.26. The van der Waals surface area contributed by atoms with Crippen molar-refractivity contribution < 1.29 is 19.4 Å². The molecule has 1 rings (SSSR count). The van der Waals surface area contributed by atoms with Gasteiger partial charge in [0.15, 0.2) is 0 Å². The Kier molecular flexibility index (Phi) is 6.03. The van der Waals surface area contributed by atoms with E-state index in [9.17, 15) is 14.7 Å². The number of carbonyl (C=O) groups excluding carboxylic acids is 1. The quantitative estimate of drug-likeness (QED) is 0.744. The molecule has 0 saturated heterocycles. The van der Waals surface area contributed by atoms with Crippen LogP contribution in [0.1, 0.15) is 33.3 Å². The number of ether oxygens (including phenoxy) is 1. The summed E-state index contributed by atoms with van der Waals surface area (Å²) in [6, 6.07) is 5.42. The van der Waals surface area contributed by atoms with Crippen molar-refractivity contribution in [2.45, 2.75) is 45.3 Å². The summed E-state index contributed by atoms with van der Waals surface area (Å²) < 4.78 is 6.82. The number of benzene rings is 1. The van der Waals surface area contributed by atoms with Crippen LogP contribution in [0.25, 0.3) is 0 Å². The fourth-order valence-electron chi connectivity index (χ4n) is 1.76. The molecule has 1 amide bonds. The molecule has 0 aliphatic carbocycles. The van der Waals surface area contributed by atoms with Gasteiger partial charge in [0.2, 0.25) is 0 Å². The van der Waals surface area contributed by atoms with Gasteiger partial charge in [0, 0.05) is 15.4 Å². The summed E-state index contributed by atoms with van der Waals surface area (Å²) in [5, 5.41) is 11.9. The Morgan fingerprint density at radius 2 is 1.77 bits per heavy atom. The van der Waals surface area contributed by atoms with Crippen LogP contribution in [-0.4, -0.2) is 28.3 Å². The van der Waals surface area contributed by atoms with Crippen LogP contribution in [-0.2, 0) is 16.0 Å². The molecule has 1 unspecified atom stereocenters. The fourth-order valence-corrected chi connectivity index (χ4v) is 2.43. The van der Waals surface area contributed by atoms with Crippen LogP contribution >= 0.6 is 31.9 Å². The molecule has 122 valence electrons. The molecule has 5 nitrogen and oxygen atoms in total. The first kappa shape index (κ1) is 19.0. The zero-order chi connectivity index (χ0) is 17.1. The predicted molar refractivity (Wildman–Crippen MR) is 91.0 cm³/mol. The van der Waals surface area contributed by atoms with Crippen LogP contribution in [0, 0.1) is 0 Å². The summed E-state index contributed by atoms with van der Waals surface area (Å²) in [5.74, 6) is -1.13. The molecule has 2 N–H and O–H groups in total. The molecule has 1 aromatic rings. The maximum absolute atomic E-state index is 11.9. The van der Waals surface area contributed by atoms with Gasteiger partial charge in [-0.1, -0.05) is 6.07 Å². The van der Waals surface area contributed by atoms with Crippen LogP contribution < -0.4 is 5.32 Å². The summed E-state index contributed by atoms with van der Waals surface area (Å²) in [4.78, 5) is 23.5. The Bertz CT molecular complexity index is 583. The summed E-state index contributed by atoms with van der Waals surface area (Å²) >= 11 is 6.73. The number of amides is 1. The van der Waals surface area contributed by atoms with Crippen LogP contribution in [0.5, 0.6) is 0 Å². The van der Waals surface area contributed by atoms with Crippen molar-refractivity contribution in [3.8, 4) is 0 Å². The summed E-state index contributed by atoms with van der Waals surface area (Å²) in [7, 11) is 0. The molecule has 0 aliphatic heterocycles. The van der Waals surface area contributed by atoms with Crippen molar-refractivity contribution in [2.24, 2.45) is 0 Å². The number of hydrogen-bond donors (Lipinski definition) is 2. The Morgan fingerprint density at radius 1 is 1.18 bits per heavy atom. The number of hydrogen-bond acceptors (Lipinski definition) is 3. The summed E-state index contributed by atoms with van der Waals surface area (Å²) in [6.45, 7) is 6.61. The van der Waals surface area contributed by atoms with Crippen LogP contribution in [0.3, 0.4) is 0 Å². The van der Waals surface area contributed by atoms with Crippen LogP contribution in [0.15, 0.2) is 27.1 Å². The first-order valence-corrected chi connectivity index (χ1v) is 8.20. The van der Waals surface area contributed by atoms with E-state index in [-0.39, 0.29) is 6.42 Å². The van der Waals surface area contributed by atoms with E-state index >= 15 is 0 Å². The van der Waals surface area contributed by atoms with Gasteiger partial charge in [0.05, 0.1) is 0 Å². The summed E-state index contributed by atoms with van der Waals surface area (Å²) in [5.41, 5.74) is -1.38. The average molecular weight is 437 g/mol. The normalized spacial score (nSPS) is 14.1. The summed E-state index contributed by atoms with van der Waals surface area (Å²) in [6.07, 6.45) is -0.624. The van der Waals surface area contributed by atoms with Gasteiger partial charge in [0.1, 0.15) is 11.1 Å². The molecule has 0 aromatic heterocycles. The molecule has 7 heteroatoms. The Balaban J connectivity index is 2.93. The maximum atomic E-state index is 11.9. The monoisotopic (exact) mass is 435 g/mol. The number of rotatable bonds is 4. The first-order chi connectivity index (χ1) is 9.93. The highest BCUT2D eigenvalue weighted by molar-refractivity contribution is 9.13. The van der Waals surface area contributed by atoms with Gasteiger partial charge in [-0.05, 0) is 77.3 Å². The SMILES string of the molecule is CC(C)(C)OC(=O)NC(C)(Cc1ccc(Br)c(Br)c1)C(=O)O. The zero-order valence-corrected chi connectivity index (χ0v) is 16.0. The highest BCUT2D eigenvalue weighted by atomic mass is 79.9. The maximum Gasteiger partial charge on any atom is 0.408 e. The number of aliphatic carboxylic acids is 1. The molecular formula is C15H19Br2NO4. The molecule has 0 radical (unpaired) electrons. The number of nitrogens with one attached hydrogen (secondary N) is 1. The third-order valence-electron chi connectivity index (χ3n) is 2.79. The van der Waals surface area contributed by atoms with E-state index in [1.165, 1.54) is 6.92 Å². The predicted octanol–water partition coefficient (Wildman–Crippen LogP) is 4.12. The zero-order valence-electron chi connectivity index (χ0n) is 12.9. The van der Waals surface area contributed by atoms with Crippen molar-refractivity contribution in [2.75, 3.05) is 0 Å². The van der Waals surface area contributed by atoms with Crippen molar-refractivity contribution in [1.29, 1.82) is 0 Å². The van der Waals surface area contributed by atoms with Gasteiger partial charge in [-0.25, -0.2) is 9.59 Å². The molecule has 0 aliphatic rings. The van der Waals surface area contributed by atoms with Crippen LogP contribution in [0.2, 0.25) is 0 Å². The van der Waals surface area contributed by atoms with E-state index in [1.54, 1.807) is 26.8 Å². The Hall–Kier alpha value is -1.08. The standard InChI is InChI=1S/C15H19Br2NO4/c1-14(2,3)22-13(21)18-15(4,12(19)20)8-9-5-6-10(16)11(17)7-9/h5-7H,8H2,1-4H3,(H,18,21)(H,19,20). The lowest BCUT2D eigenvalue weighted by molar-refractivity contribution is -0.144. The van der Waals surface area contributed by atoms with Gasteiger partial charge in [-0.3, -0.25) is 0 Å². The highest BCUT2D eigenvalue weighted by Gasteiger charge is 2.36. The van der Waals surface area contributed by atoms with Gasteiger partial charge in [0.25, 0.3) is 0 Å². The van der Waals surface area contributed by atoms with Gasteiger partial charge >= 0.3 is 12.1 Å². The molecular weight excluding hydrogens is 418 g/mol. The molecule has 1 aromatic carbocycles. The van der Waals surface area contributed by atoms with E-state index in [4.69, 9.17) is 4.74 Å². The van der Waals surface area contributed by atoms with Gasteiger partial charge in [-0.15, -0.1) is 0 Å². The Labute approximate surface area is 146 Å². The smallest absolute Gasteiger partial charge is 0.408 e. The molecule has 0 heterocycles. The molecule has 0 bridgehead atoms. The minimum absolute atomic E-state index is 0.132. The largest absolute Gasteiger partial charge is 0.480 e. The fraction of sp³-hybridized carbons (Fsp3) is 0.467. The lowest BCUT2D eigenvalue weighted by Crippen LogP contribution is -2.54. The van der Waals surface area contributed by atoms with Crippen molar-refractivity contribution >= 4 is 43.9 Å². The molecule has 1 atom stereocenters. The van der Waals surface area contributed by atoms with Crippen LogP contribution in [0.4, 0.5) is 4.79 Å². The third kappa shape index (κ3) is 5.61. The number of carbonyl (C=O) groups is 2. The second-order valence-corrected chi connectivity index (χ2v) is 7.90. The minimum Gasteiger partial charge on any atom is -0.480 e. The molecule has 0 spiro atoms. The van der Waals surface area contributed by atoms with E-state index in [1.807, 2.05) is 12.1 Å². The molecule has 22 heavy (non-hydrogen) atoms. The molecule has 0 fully saturated rings. The second-order valence-electron chi connectivity index (χ2n) is 6.19. The van der Waals surface area contributed by atoms with E-state index in [0.717, 1.165) is 14.5 Å². The van der Waals surface area contributed by atoms with Gasteiger partial charge < -0.3 is 15.2 Å². The van der Waals surface area contributed by atoms with E-state index in [2.05, 4.69) is 37.2 Å². The number of carboxylic acids is 1. The minimum atomic E-state index is -1.46.